The number of hydrogen-bond donors (Lipinski definition) is 1. The summed E-state index contributed by atoms with van der Waals surface area (Å²) >= 11 is 0. The zero-order chi connectivity index (χ0) is 20.6. The molecular weight excluding hydrogens is 374 g/mol. The molecule has 1 N–H and O–H groups in total. The Hall–Kier alpha value is -3.94. The quantitative estimate of drug-likeness (QED) is 0.462. The molecule has 8 nitrogen and oxygen atoms in total. The number of carbonyl (C=O) groups is 1. The summed E-state index contributed by atoms with van der Waals surface area (Å²) in [5.74, 6) is 0.800. The number of nitro benzene ring substituents is 1. The van der Waals surface area contributed by atoms with Gasteiger partial charge in [0.25, 0.3) is 5.69 Å². The Morgan fingerprint density at radius 2 is 1.76 bits per heavy atom. The molecule has 0 saturated carbocycles. The minimum atomic E-state index is -0.477. The molecule has 0 bridgehead atoms. The number of carbonyl (C=O) groups excluding carboxylic acids is 1. The molecule has 0 radical (unpaired) electrons. The zero-order valence-corrected chi connectivity index (χ0v) is 15.7. The Morgan fingerprint density at radius 1 is 1.03 bits per heavy atom. The van der Waals surface area contributed by atoms with E-state index in [9.17, 15) is 14.9 Å². The molecule has 0 aliphatic heterocycles. The van der Waals surface area contributed by atoms with Crippen LogP contribution in [0.1, 0.15) is 11.1 Å². The smallest absolute Gasteiger partial charge is 0.269 e. The van der Waals surface area contributed by atoms with Crippen molar-refractivity contribution in [3.05, 3.63) is 88.2 Å². The Bertz CT molecular complexity index is 991. The lowest BCUT2D eigenvalue weighted by Gasteiger charge is -2.13. The molecule has 3 aromatic rings. The maximum absolute atomic E-state index is 12.3. The van der Waals surface area contributed by atoms with Gasteiger partial charge in [0.15, 0.2) is 11.5 Å². The summed E-state index contributed by atoms with van der Waals surface area (Å²) in [7, 11) is 1.54. The number of pyridine rings is 1. The molecule has 0 saturated heterocycles. The monoisotopic (exact) mass is 393 g/mol. The highest BCUT2D eigenvalue weighted by atomic mass is 16.6. The van der Waals surface area contributed by atoms with Gasteiger partial charge in [0.2, 0.25) is 5.91 Å². The fraction of sp³-hybridized carbons (Fsp3) is 0.143. The summed E-state index contributed by atoms with van der Waals surface area (Å²) < 4.78 is 11.1. The minimum Gasteiger partial charge on any atom is -0.493 e. The van der Waals surface area contributed by atoms with Crippen LogP contribution in [0.2, 0.25) is 0 Å². The molecule has 3 rings (SSSR count). The van der Waals surface area contributed by atoms with E-state index in [0.29, 0.717) is 29.4 Å². The van der Waals surface area contributed by atoms with Gasteiger partial charge >= 0.3 is 0 Å². The van der Waals surface area contributed by atoms with Gasteiger partial charge in [0.1, 0.15) is 6.61 Å². The van der Waals surface area contributed by atoms with Crippen LogP contribution in [0.3, 0.4) is 0 Å². The van der Waals surface area contributed by atoms with Crippen molar-refractivity contribution in [1.82, 2.24) is 4.98 Å². The van der Waals surface area contributed by atoms with Crippen molar-refractivity contribution in [2.45, 2.75) is 13.0 Å². The van der Waals surface area contributed by atoms with E-state index >= 15 is 0 Å². The van der Waals surface area contributed by atoms with E-state index in [-0.39, 0.29) is 18.0 Å². The average molecular weight is 393 g/mol. The SMILES string of the molecule is COc1ccc(NC(=O)Cc2ccc([N+](=O)[O-])cc2)cc1OCc1ccncc1. The summed E-state index contributed by atoms with van der Waals surface area (Å²) in [6.45, 7) is 0.332. The van der Waals surface area contributed by atoms with Crippen LogP contribution < -0.4 is 14.8 Å². The third-order valence-corrected chi connectivity index (χ3v) is 4.10. The molecule has 1 aromatic heterocycles. The number of rotatable bonds is 8. The van der Waals surface area contributed by atoms with Crippen molar-refractivity contribution in [1.29, 1.82) is 0 Å². The molecule has 8 heteroatoms. The number of nitrogens with zero attached hydrogens (tertiary/aromatic N) is 2. The predicted molar refractivity (Wildman–Crippen MR) is 107 cm³/mol. The molecule has 29 heavy (non-hydrogen) atoms. The summed E-state index contributed by atoms with van der Waals surface area (Å²) in [6.07, 6.45) is 3.47. The van der Waals surface area contributed by atoms with Gasteiger partial charge in [-0.3, -0.25) is 19.9 Å². The molecule has 0 spiro atoms. The molecule has 148 valence electrons. The second-order valence-corrected chi connectivity index (χ2v) is 6.16. The van der Waals surface area contributed by atoms with Gasteiger partial charge in [-0.25, -0.2) is 0 Å². The molecule has 1 amide bonds. The second-order valence-electron chi connectivity index (χ2n) is 6.16. The lowest BCUT2D eigenvalue weighted by molar-refractivity contribution is -0.384. The molecule has 0 atom stereocenters. The zero-order valence-electron chi connectivity index (χ0n) is 15.7. The standard InChI is InChI=1S/C21H19N3O5/c1-28-19-7-4-17(13-20(19)29-14-16-8-10-22-11-9-16)23-21(25)12-15-2-5-18(6-3-15)24(26)27/h2-11,13H,12,14H2,1H3,(H,23,25). The van der Waals surface area contributed by atoms with Crippen molar-refractivity contribution in [2.24, 2.45) is 0 Å². The highest BCUT2D eigenvalue weighted by molar-refractivity contribution is 5.92. The van der Waals surface area contributed by atoms with Crippen LogP contribution in [0.15, 0.2) is 67.0 Å². The average Bonchev–Trinajstić information content (AvgIpc) is 2.73. The van der Waals surface area contributed by atoms with E-state index in [4.69, 9.17) is 9.47 Å². The number of nitro groups is 1. The van der Waals surface area contributed by atoms with Crippen molar-refractivity contribution >= 4 is 17.3 Å². The number of amides is 1. The van der Waals surface area contributed by atoms with Gasteiger partial charge in [0.05, 0.1) is 18.5 Å². The van der Waals surface area contributed by atoms with Gasteiger partial charge in [-0.1, -0.05) is 12.1 Å². The number of anilines is 1. The highest BCUT2D eigenvalue weighted by Gasteiger charge is 2.11. The first-order chi connectivity index (χ1) is 14.0. The first-order valence-electron chi connectivity index (χ1n) is 8.78. The Morgan fingerprint density at radius 3 is 2.41 bits per heavy atom. The van der Waals surface area contributed by atoms with Crippen molar-refractivity contribution < 1.29 is 19.2 Å². The van der Waals surface area contributed by atoms with Gasteiger partial charge in [0, 0.05) is 36.3 Å². The predicted octanol–water partition coefficient (Wildman–Crippen LogP) is 3.76. The Labute approximate surface area is 167 Å². The topological polar surface area (TPSA) is 104 Å². The van der Waals surface area contributed by atoms with Crippen LogP contribution in [-0.2, 0) is 17.8 Å². The first-order valence-corrected chi connectivity index (χ1v) is 8.78. The number of hydrogen-bond acceptors (Lipinski definition) is 6. The maximum atomic E-state index is 12.3. The van der Waals surface area contributed by atoms with Crippen LogP contribution in [0.4, 0.5) is 11.4 Å². The molecule has 2 aromatic carbocycles. The lowest BCUT2D eigenvalue weighted by Crippen LogP contribution is -2.14. The van der Waals surface area contributed by atoms with Crippen molar-refractivity contribution in [3.63, 3.8) is 0 Å². The molecule has 0 fully saturated rings. The summed E-state index contributed by atoms with van der Waals surface area (Å²) in [4.78, 5) is 26.5. The van der Waals surface area contributed by atoms with E-state index in [1.165, 1.54) is 12.1 Å². The van der Waals surface area contributed by atoms with Gasteiger partial charge in [-0.15, -0.1) is 0 Å². The van der Waals surface area contributed by atoms with Crippen molar-refractivity contribution in [3.8, 4) is 11.5 Å². The molecule has 0 aliphatic carbocycles. The van der Waals surface area contributed by atoms with Crippen LogP contribution in [0, 0.1) is 10.1 Å². The highest BCUT2D eigenvalue weighted by Crippen LogP contribution is 2.31. The fourth-order valence-electron chi connectivity index (χ4n) is 2.63. The number of nitrogens with one attached hydrogen (secondary N) is 1. The maximum Gasteiger partial charge on any atom is 0.269 e. The summed E-state index contributed by atoms with van der Waals surface area (Å²) in [5.41, 5.74) is 2.17. The number of benzene rings is 2. The van der Waals surface area contributed by atoms with Crippen LogP contribution in [-0.4, -0.2) is 22.9 Å². The van der Waals surface area contributed by atoms with E-state index in [2.05, 4.69) is 10.3 Å². The fourth-order valence-corrected chi connectivity index (χ4v) is 2.63. The molecular formula is C21H19N3O5. The summed E-state index contributed by atoms with van der Waals surface area (Å²) in [5, 5.41) is 13.5. The van der Waals surface area contributed by atoms with E-state index in [0.717, 1.165) is 5.56 Å². The molecule has 0 aliphatic rings. The number of non-ortho nitro benzene ring substituents is 1. The van der Waals surface area contributed by atoms with E-state index in [1.54, 1.807) is 49.8 Å². The van der Waals surface area contributed by atoms with E-state index in [1.807, 2.05) is 12.1 Å². The van der Waals surface area contributed by atoms with Crippen LogP contribution in [0.5, 0.6) is 11.5 Å². The van der Waals surface area contributed by atoms with Gasteiger partial charge < -0.3 is 14.8 Å². The molecule has 1 heterocycles. The number of ether oxygens (including phenoxy) is 2. The Balaban J connectivity index is 1.65. The van der Waals surface area contributed by atoms with E-state index < -0.39 is 4.92 Å². The van der Waals surface area contributed by atoms with Crippen LogP contribution >= 0.6 is 0 Å². The first kappa shape index (κ1) is 19.8. The normalized spacial score (nSPS) is 10.2. The summed E-state index contributed by atoms with van der Waals surface area (Å²) in [6, 6.07) is 14.7. The van der Waals surface area contributed by atoms with Crippen LogP contribution in [0.25, 0.3) is 0 Å². The largest absolute Gasteiger partial charge is 0.493 e. The number of aromatic nitrogens is 1. The number of methoxy groups -OCH3 is 1. The molecule has 0 unspecified atom stereocenters. The minimum absolute atomic E-state index is 0.0136. The second kappa shape index (κ2) is 9.32. The Kier molecular flexibility index (Phi) is 6.36. The third kappa shape index (κ3) is 5.52. The van der Waals surface area contributed by atoms with Gasteiger partial charge in [-0.05, 0) is 35.4 Å². The van der Waals surface area contributed by atoms with Crippen molar-refractivity contribution in [2.75, 3.05) is 12.4 Å². The lowest BCUT2D eigenvalue weighted by atomic mass is 10.1. The third-order valence-electron chi connectivity index (χ3n) is 4.10. The van der Waals surface area contributed by atoms with Gasteiger partial charge in [-0.2, -0.15) is 0 Å².